The van der Waals surface area contributed by atoms with E-state index in [1.165, 1.54) is 19.1 Å². The third-order valence-electron chi connectivity index (χ3n) is 2.73. The zero-order valence-electron chi connectivity index (χ0n) is 9.85. The molecular weight excluding hydrogens is 357 g/mol. The topological polar surface area (TPSA) is 0 Å². The molecule has 0 bridgehead atoms. The minimum atomic E-state index is -0.515. The molecule has 0 aliphatic heterocycles. The first-order valence-corrected chi connectivity index (χ1v) is 7.11. The minimum absolute atomic E-state index is 0.210. The molecule has 0 aliphatic carbocycles. The van der Waals surface area contributed by atoms with Crippen LogP contribution in [0.2, 0.25) is 10.0 Å². The van der Waals surface area contributed by atoms with Crippen LogP contribution in [-0.4, -0.2) is 0 Å². The Bertz CT molecular complexity index is 609. The van der Waals surface area contributed by atoms with Crippen molar-refractivity contribution in [3.8, 4) is 0 Å². The fourth-order valence-electron chi connectivity index (χ4n) is 1.76. The van der Waals surface area contributed by atoms with E-state index in [2.05, 4.69) is 15.9 Å². The summed E-state index contributed by atoms with van der Waals surface area (Å²) in [7, 11) is 0. The Kier molecular flexibility index (Phi) is 4.49. The molecule has 100 valence electrons. The molecule has 1 unspecified atom stereocenters. The first-order chi connectivity index (χ1) is 8.88. The third kappa shape index (κ3) is 3.28. The number of hydrogen-bond donors (Lipinski definition) is 0. The summed E-state index contributed by atoms with van der Waals surface area (Å²) >= 11 is 15.2. The average Bonchev–Trinajstić information content (AvgIpc) is 2.31. The van der Waals surface area contributed by atoms with Gasteiger partial charge in [0.15, 0.2) is 0 Å². The van der Waals surface area contributed by atoms with Gasteiger partial charge < -0.3 is 0 Å². The molecule has 19 heavy (non-hydrogen) atoms. The SMILES string of the molecule is Cc1cc(F)c(C(Br)c2cc(Cl)cc(Cl)c2)cc1F. The Morgan fingerprint density at radius 1 is 0.947 bits per heavy atom. The van der Waals surface area contributed by atoms with E-state index >= 15 is 0 Å². The summed E-state index contributed by atoms with van der Waals surface area (Å²) in [5.41, 5.74) is 1.14. The zero-order valence-corrected chi connectivity index (χ0v) is 13.0. The summed E-state index contributed by atoms with van der Waals surface area (Å²) in [6.07, 6.45) is 0. The summed E-state index contributed by atoms with van der Waals surface area (Å²) in [5.74, 6) is -0.925. The van der Waals surface area contributed by atoms with Crippen molar-refractivity contribution < 1.29 is 8.78 Å². The van der Waals surface area contributed by atoms with E-state index in [1.807, 2.05) is 0 Å². The van der Waals surface area contributed by atoms with E-state index in [1.54, 1.807) is 18.2 Å². The Balaban J connectivity index is 2.49. The highest BCUT2D eigenvalue weighted by atomic mass is 79.9. The van der Waals surface area contributed by atoms with Crippen LogP contribution in [0.3, 0.4) is 0 Å². The lowest BCUT2D eigenvalue weighted by Crippen LogP contribution is -1.99. The molecule has 0 radical (unpaired) electrons. The van der Waals surface area contributed by atoms with Gasteiger partial charge in [0.25, 0.3) is 0 Å². The van der Waals surface area contributed by atoms with Gasteiger partial charge in [-0.05, 0) is 48.4 Å². The van der Waals surface area contributed by atoms with Gasteiger partial charge in [-0.2, -0.15) is 0 Å². The molecule has 0 amide bonds. The van der Waals surface area contributed by atoms with Crippen LogP contribution in [0.1, 0.15) is 21.5 Å². The molecule has 0 nitrogen and oxygen atoms in total. The lowest BCUT2D eigenvalue weighted by molar-refractivity contribution is 0.581. The predicted octanol–water partition coefficient (Wildman–Crippen LogP) is 6.06. The van der Waals surface area contributed by atoms with Crippen molar-refractivity contribution in [2.75, 3.05) is 0 Å². The van der Waals surface area contributed by atoms with Gasteiger partial charge in [-0.1, -0.05) is 39.1 Å². The van der Waals surface area contributed by atoms with Gasteiger partial charge in [0.1, 0.15) is 11.6 Å². The summed E-state index contributed by atoms with van der Waals surface area (Å²) in [6, 6.07) is 7.25. The van der Waals surface area contributed by atoms with Crippen LogP contribution in [0.25, 0.3) is 0 Å². The van der Waals surface area contributed by atoms with Gasteiger partial charge in [-0.15, -0.1) is 0 Å². The zero-order chi connectivity index (χ0) is 14.2. The third-order valence-corrected chi connectivity index (χ3v) is 4.19. The monoisotopic (exact) mass is 364 g/mol. The lowest BCUT2D eigenvalue weighted by Gasteiger charge is -2.13. The van der Waals surface area contributed by atoms with Crippen molar-refractivity contribution in [2.24, 2.45) is 0 Å². The largest absolute Gasteiger partial charge is 0.207 e. The highest BCUT2D eigenvalue weighted by Crippen LogP contribution is 2.36. The van der Waals surface area contributed by atoms with E-state index in [0.29, 0.717) is 15.6 Å². The summed E-state index contributed by atoms with van der Waals surface area (Å²) in [6.45, 7) is 1.52. The van der Waals surface area contributed by atoms with E-state index in [4.69, 9.17) is 23.2 Å². The van der Waals surface area contributed by atoms with Gasteiger partial charge in [-0.3, -0.25) is 0 Å². The van der Waals surface area contributed by atoms with Crippen LogP contribution in [0.15, 0.2) is 30.3 Å². The quantitative estimate of drug-likeness (QED) is 0.567. The Morgan fingerprint density at radius 3 is 2.11 bits per heavy atom. The van der Waals surface area contributed by atoms with Gasteiger partial charge in [-0.25, -0.2) is 8.78 Å². The van der Waals surface area contributed by atoms with Crippen molar-refractivity contribution in [3.05, 3.63) is 68.7 Å². The van der Waals surface area contributed by atoms with Crippen molar-refractivity contribution in [1.29, 1.82) is 0 Å². The van der Waals surface area contributed by atoms with Crippen molar-refractivity contribution >= 4 is 39.1 Å². The molecule has 2 aromatic rings. The second-order valence-corrected chi connectivity index (χ2v) is 5.98. The van der Waals surface area contributed by atoms with Crippen LogP contribution in [0.5, 0.6) is 0 Å². The molecule has 1 atom stereocenters. The number of rotatable bonds is 2. The maximum absolute atomic E-state index is 13.9. The second-order valence-electron chi connectivity index (χ2n) is 4.19. The lowest BCUT2D eigenvalue weighted by atomic mass is 10.0. The molecule has 0 heterocycles. The molecule has 2 aromatic carbocycles. The molecule has 0 saturated heterocycles. The minimum Gasteiger partial charge on any atom is -0.207 e. The fourth-order valence-corrected chi connectivity index (χ4v) is 2.92. The summed E-state index contributed by atoms with van der Waals surface area (Å²) < 4.78 is 27.5. The van der Waals surface area contributed by atoms with Crippen molar-refractivity contribution in [2.45, 2.75) is 11.8 Å². The molecule has 0 spiro atoms. The van der Waals surface area contributed by atoms with Crippen molar-refractivity contribution in [1.82, 2.24) is 0 Å². The summed E-state index contributed by atoms with van der Waals surface area (Å²) in [5, 5.41) is 0.889. The molecule has 0 aliphatic rings. The van der Waals surface area contributed by atoms with E-state index in [-0.39, 0.29) is 11.1 Å². The number of halogens is 5. The van der Waals surface area contributed by atoms with Gasteiger partial charge in [0.2, 0.25) is 0 Å². The number of alkyl halides is 1. The van der Waals surface area contributed by atoms with Crippen LogP contribution >= 0.6 is 39.1 Å². The van der Waals surface area contributed by atoms with Crippen molar-refractivity contribution in [3.63, 3.8) is 0 Å². The smallest absolute Gasteiger partial charge is 0.128 e. The van der Waals surface area contributed by atoms with Crippen LogP contribution < -0.4 is 0 Å². The molecule has 2 rings (SSSR count). The first kappa shape index (κ1) is 14.8. The Labute approximate surface area is 128 Å². The predicted molar refractivity (Wildman–Crippen MR) is 78.3 cm³/mol. The molecule has 0 aromatic heterocycles. The first-order valence-electron chi connectivity index (χ1n) is 5.44. The molecule has 0 fully saturated rings. The normalized spacial score (nSPS) is 12.5. The van der Waals surface area contributed by atoms with Crippen LogP contribution in [0.4, 0.5) is 8.78 Å². The number of aryl methyl sites for hydroxylation is 1. The standard InChI is InChI=1S/C14H9BrCl2F2/c1-7-2-13(19)11(6-12(7)18)14(15)8-3-9(16)5-10(17)4-8/h2-6,14H,1H3. The average molecular weight is 366 g/mol. The second kappa shape index (κ2) is 5.78. The maximum Gasteiger partial charge on any atom is 0.128 e. The highest BCUT2D eigenvalue weighted by Gasteiger charge is 2.18. The molecule has 0 saturated carbocycles. The van der Waals surface area contributed by atoms with Crippen LogP contribution in [-0.2, 0) is 0 Å². The summed E-state index contributed by atoms with van der Waals surface area (Å²) in [4.78, 5) is -0.515. The van der Waals surface area contributed by atoms with E-state index < -0.39 is 16.5 Å². The van der Waals surface area contributed by atoms with Crippen LogP contribution in [0, 0.1) is 18.6 Å². The Hall–Kier alpha value is -0.640. The number of benzene rings is 2. The maximum atomic E-state index is 13.9. The van der Waals surface area contributed by atoms with Gasteiger partial charge in [0, 0.05) is 15.6 Å². The highest BCUT2D eigenvalue weighted by molar-refractivity contribution is 9.09. The van der Waals surface area contributed by atoms with Gasteiger partial charge in [0.05, 0.1) is 4.83 Å². The van der Waals surface area contributed by atoms with Gasteiger partial charge >= 0.3 is 0 Å². The Morgan fingerprint density at radius 2 is 1.53 bits per heavy atom. The van der Waals surface area contributed by atoms with E-state index in [0.717, 1.165) is 0 Å². The number of hydrogen-bond acceptors (Lipinski definition) is 0. The van der Waals surface area contributed by atoms with E-state index in [9.17, 15) is 8.78 Å². The molecular formula is C14H9BrCl2F2. The fraction of sp³-hybridized carbons (Fsp3) is 0.143. The molecule has 5 heteroatoms. The molecule has 0 N–H and O–H groups in total.